The molecule has 0 amide bonds. The second kappa shape index (κ2) is 5.18. The van der Waals surface area contributed by atoms with E-state index < -0.39 is 0 Å². The van der Waals surface area contributed by atoms with Gasteiger partial charge in [0.2, 0.25) is 0 Å². The SMILES string of the molecule is CC(C)n1ncnc1CC(=O)C1(C)CCCNC1. The van der Waals surface area contributed by atoms with Gasteiger partial charge in [-0.2, -0.15) is 5.10 Å². The Morgan fingerprint density at radius 2 is 2.39 bits per heavy atom. The summed E-state index contributed by atoms with van der Waals surface area (Å²) in [5, 5.41) is 7.48. The van der Waals surface area contributed by atoms with Gasteiger partial charge in [0.25, 0.3) is 0 Å². The fourth-order valence-corrected chi connectivity index (χ4v) is 2.48. The minimum absolute atomic E-state index is 0.243. The fraction of sp³-hybridized carbons (Fsp3) is 0.769. The highest BCUT2D eigenvalue weighted by atomic mass is 16.1. The maximum atomic E-state index is 12.4. The van der Waals surface area contributed by atoms with Crippen LogP contribution in [-0.2, 0) is 11.2 Å². The van der Waals surface area contributed by atoms with Crippen molar-refractivity contribution >= 4 is 5.78 Å². The fourth-order valence-electron chi connectivity index (χ4n) is 2.48. The summed E-state index contributed by atoms with van der Waals surface area (Å²) in [6.45, 7) is 7.95. The van der Waals surface area contributed by atoms with Crippen LogP contribution in [0.2, 0.25) is 0 Å². The molecule has 0 bridgehead atoms. The molecule has 1 atom stereocenters. The summed E-state index contributed by atoms with van der Waals surface area (Å²) in [5.74, 6) is 1.05. The van der Waals surface area contributed by atoms with Crippen LogP contribution in [0.5, 0.6) is 0 Å². The van der Waals surface area contributed by atoms with Crippen molar-refractivity contribution in [1.82, 2.24) is 20.1 Å². The van der Waals surface area contributed by atoms with Crippen LogP contribution in [0.15, 0.2) is 6.33 Å². The lowest BCUT2D eigenvalue weighted by atomic mass is 9.77. The molecule has 0 spiro atoms. The molecule has 5 heteroatoms. The number of piperidine rings is 1. The predicted molar refractivity (Wildman–Crippen MR) is 69.3 cm³/mol. The molecule has 1 aliphatic rings. The Hall–Kier alpha value is -1.23. The summed E-state index contributed by atoms with van der Waals surface area (Å²) in [7, 11) is 0. The van der Waals surface area contributed by atoms with E-state index in [2.05, 4.69) is 22.3 Å². The van der Waals surface area contributed by atoms with Gasteiger partial charge in [-0.05, 0) is 33.2 Å². The predicted octanol–water partition coefficient (Wildman–Crippen LogP) is 1.36. The van der Waals surface area contributed by atoms with Crippen LogP contribution in [0.1, 0.15) is 45.5 Å². The number of hydrogen-bond donors (Lipinski definition) is 1. The molecule has 18 heavy (non-hydrogen) atoms. The molecule has 0 radical (unpaired) electrons. The summed E-state index contributed by atoms with van der Waals surface area (Å²) < 4.78 is 1.83. The highest BCUT2D eigenvalue weighted by Crippen LogP contribution is 2.27. The van der Waals surface area contributed by atoms with Crippen molar-refractivity contribution in [2.24, 2.45) is 5.41 Å². The standard InChI is InChI=1S/C13H22N4O/c1-10(2)17-12(15-9-16-17)7-11(18)13(3)5-4-6-14-8-13/h9-10,14H,4-8H2,1-3H3. The lowest BCUT2D eigenvalue weighted by Gasteiger charge is -2.32. The maximum Gasteiger partial charge on any atom is 0.147 e. The summed E-state index contributed by atoms with van der Waals surface area (Å²) >= 11 is 0. The van der Waals surface area contributed by atoms with E-state index in [-0.39, 0.29) is 17.2 Å². The maximum absolute atomic E-state index is 12.4. The third kappa shape index (κ3) is 2.61. The lowest BCUT2D eigenvalue weighted by Crippen LogP contribution is -2.44. The third-order valence-corrected chi connectivity index (χ3v) is 3.73. The van der Waals surface area contributed by atoms with Crippen molar-refractivity contribution < 1.29 is 4.79 Å². The number of rotatable bonds is 4. The molecule has 1 aromatic heterocycles. The molecule has 0 aliphatic carbocycles. The van der Waals surface area contributed by atoms with Gasteiger partial charge in [-0.3, -0.25) is 4.79 Å². The van der Waals surface area contributed by atoms with Gasteiger partial charge in [0.1, 0.15) is 17.9 Å². The van der Waals surface area contributed by atoms with Gasteiger partial charge < -0.3 is 5.32 Å². The quantitative estimate of drug-likeness (QED) is 0.876. The van der Waals surface area contributed by atoms with Crippen molar-refractivity contribution in [1.29, 1.82) is 0 Å². The molecule has 0 saturated carbocycles. The average Bonchev–Trinajstić information content (AvgIpc) is 2.78. The van der Waals surface area contributed by atoms with Crippen LogP contribution in [0.25, 0.3) is 0 Å². The second-order valence-corrected chi connectivity index (χ2v) is 5.66. The number of nitrogens with one attached hydrogen (secondary N) is 1. The summed E-state index contributed by atoms with van der Waals surface area (Å²) in [6, 6.07) is 0.243. The van der Waals surface area contributed by atoms with E-state index in [4.69, 9.17) is 0 Å². The van der Waals surface area contributed by atoms with Crippen LogP contribution in [0.4, 0.5) is 0 Å². The van der Waals surface area contributed by atoms with Gasteiger partial charge in [-0.15, -0.1) is 0 Å². The van der Waals surface area contributed by atoms with E-state index >= 15 is 0 Å². The number of Topliss-reactive ketones (excluding diaryl/α,β-unsaturated/α-hetero) is 1. The van der Waals surface area contributed by atoms with Crippen molar-refractivity contribution in [3.05, 3.63) is 12.2 Å². The lowest BCUT2D eigenvalue weighted by molar-refractivity contribution is -0.128. The molecule has 1 unspecified atom stereocenters. The van der Waals surface area contributed by atoms with Crippen LogP contribution in [0, 0.1) is 5.41 Å². The van der Waals surface area contributed by atoms with Crippen LogP contribution in [-0.4, -0.2) is 33.6 Å². The number of aromatic nitrogens is 3. The molecule has 0 aromatic carbocycles. The molecule has 2 rings (SSSR count). The largest absolute Gasteiger partial charge is 0.316 e. The Kier molecular flexibility index (Phi) is 3.80. The highest BCUT2D eigenvalue weighted by molar-refractivity contribution is 5.86. The van der Waals surface area contributed by atoms with E-state index in [0.29, 0.717) is 6.42 Å². The van der Waals surface area contributed by atoms with Crippen LogP contribution >= 0.6 is 0 Å². The first-order valence-electron chi connectivity index (χ1n) is 6.65. The van der Waals surface area contributed by atoms with Gasteiger partial charge in [0.05, 0.1) is 6.42 Å². The Bertz CT molecular complexity index is 418. The first-order valence-corrected chi connectivity index (χ1v) is 6.65. The number of carbonyl (C=O) groups excluding carboxylic acids is 1. The molecule has 2 heterocycles. The van der Waals surface area contributed by atoms with E-state index in [1.807, 2.05) is 18.5 Å². The monoisotopic (exact) mass is 250 g/mol. The molecule has 5 nitrogen and oxygen atoms in total. The smallest absolute Gasteiger partial charge is 0.147 e. The van der Waals surface area contributed by atoms with Crippen molar-refractivity contribution in [3.8, 4) is 0 Å². The van der Waals surface area contributed by atoms with Crippen LogP contribution in [0.3, 0.4) is 0 Å². The summed E-state index contributed by atoms with van der Waals surface area (Å²) in [5.41, 5.74) is -0.244. The van der Waals surface area contributed by atoms with Crippen LogP contribution < -0.4 is 5.32 Å². The normalized spacial score (nSPS) is 24.4. The highest BCUT2D eigenvalue weighted by Gasteiger charge is 2.34. The first-order chi connectivity index (χ1) is 8.53. The van der Waals surface area contributed by atoms with Gasteiger partial charge in [0.15, 0.2) is 0 Å². The Labute approximate surface area is 108 Å². The zero-order valence-electron chi connectivity index (χ0n) is 11.4. The van der Waals surface area contributed by atoms with E-state index in [1.165, 1.54) is 6.33 Å². The minimum Gasteiger partial charge on any atom is -0.316 e. The van der Waals surface area contributed by atoms with Gasteiger partial charge >= 0.3 is 0 Å². The van der Waals surface area contributed by atoms with Crippen molar-refractivity contribution in [2.75, 3.05) is 13.1 Å². The number of hydrogen-bond acceptors (Lipinski definition) is 4. The minimum atomic E-state index is -0.244. The summed E-state index contributed by atoms with van der Waals surface area (Å²) in [6.07, 6.45) is 3.95. The van der Waals surface area contributed by atoms with Gasteiger partial charge in [0, 0.05) is 18.0 Å². The van der Waals surface area contributed by atoms with Crippen molar-refractivity contribution in [3.63, 3.8) is 0 Å². The number of nitrogens with zero attached hydrogens (tertiary/aromatic N) is 3. The van der Waals surface area contributed by atoms with E-state index in [0.717, 1.165) is 31.8 Å². The molecule has 1 fully saturated rings. The second-order valence-electron chi connectivity index (χ2n) is 5.66. The Balaban J connectivity index is 2.08. The van der Waals surface area contributed by atoms with E-state index in [1.54, 1.807) is 0 Å². The molecular formula is C13H22N4O. The molecule has 1 aromatic rings. The zero-order chi connectivity index (χ0) is 13.2. The Morgan fingerprint density at radius 3 is 3.00 bits per heavy atom. The number of carbonyl (C=O) groups is 1. The number of ketones is 1. The topological polar surface area (TPSA) is 59.8 Å². The van der Waals surface area contributed by atoms with Gasteiger partial charge in [-0.1, -0.05) is 6.92 Å². The zero-order valence-corrected chi connectivity index (χ0v) is 11.4. The Morgan fingerprint density at radius 1 is 1.61 bits per heavy atom. The van der Waals surface area contributed by atoms with E-state index in [9.17, 15) is 4.79 Å². The van der Waals surface area contributed by atoms with Crippen molar-refractivity contribution in [2.45, 2.75) is 46.1 Å². The molecule has 100 valence electrons. The molecular weight excluding hydrogens is 228 g/mol. The molecule has 1 aliphatic heterocycles. The molecule has 1 N–H and O–H groups in total. The first kappa shape index (κ1) is 13.2. The third-order valence-electron chi connectivity index (χ3n) is 3.73. The van der Waals surface area contributed by atoms with Gasteiger partial charge in [-0.25, -0.2) is 9.67 Å². The average molecular weight is 250 g/mol. The molecule has 1 saturated heterocycles. The summed E-state index contributed by atoms with van der Waals surface area (Å²) in [4.78, 5) is 16.7.